The molecule has 1 aliphatic heterocycles. The number of nitrogens with zero attached hydrogens (tertiary/aromatic N) is 2. The predicted octanol–water partition coefficient (Wildman–Crippen LogP) is 1.48. The van der Waals surface area contributed by atoms with Crippen LogP contribution in [0, 0.1) is 11.0 Å². The van der Waals surface area contributed by atoms with Crippen molar-refractivity contribution in [2.45, 2.75) is 18.9 Å². The number of carbonyl (C=O) groups excluding carboxylic acids is 1. The van der Waals surface area contributed by atoms with Crippen LogP contribution in [-0.2, 0) is 0 Å². The highest BCUT2D eigenvalue weighted by atomic mass is 19.1. The number of pyridine rings is 1. The lowest BCUT2D eigenvalue weighted by Crippen LogP contribution is -2.42. The molecular weight excluding hydrogens is 337 g/mol. The van der Waals surface area contributed by atoms with Crippen LogP contribution in [0.15, 0.2) is 36.5 Å². The third-order valence-corrected chi connectivity index (χ3v) is 4.62. The van der Waals surface area contributed by atoms with Crippen LogP contribution in [0.4, 0.5) is 4.39 Å². The maximum Gasteiger partial charge on any atom is 0.251 e. The van der Waals surface area contributed by atoms with E-state index < -0.39 is 5.82 Å². The summed E-state index contributed by atoms with van der Waals surface area (Å²) in [5.74, 6) is -0.691. The molecule has 0 radical (unpaired) electrons. The number of piperidine rings is 1. The number of benzene rings is 1. The number of aromatic nitrogens is 3. The molecule has 0 aliphatic carbocycles. The van der Waals surface area contributed by atoms with Crippen LogP contribution in [0.3, 0.4) is 0 Å². The summed E-state index contributed by atoms with van der Waals surface area (Å²) in [6, 6.07) is 7.48. The molecule has 3 aromatic rings. The highest BCUT2D eigenvalue weighted by molar-refractivity contribution is 6.01. The van der Waals surface area contributed by atoms with Gasteiger partial charge in [-0.3, -0.25) is 9.89 Å². The summed E-state index contributed by atoms with van der Waals surface area (Å²) in [7, 11) is 0. The summed E-state index contributed by atoms with van der Waals surface area (Å²) in [5.41, 5.74) is 1.55. The Balaban J connectivity index is 1.68. The van der Waals surface area contributed by atoms with Crippen LogP contribution in [0.1, 0.15) is 23.2 Å². The van der Waals surface area contributed by atoms with Gasteiger partial charge in [-0.05, 0) is 44.1 Å². The van der Waals surface area contributed by atoms with E-state index in [2.05, 4.69) is 20.8 Å². The fraction of sp³-hybridized carbons (Fsp3) is 0.278. The molecule has 3 N–H and O–H groups in total. The molecule has 1 aromatic carbocycles. The lowest BCUT2D eigenvalue weighted by Gasteiger charge is -2.23. The van der Waals surface area contributed by atoms with Crippen molar-refractivity contribution < 1.29 is 13.9 Å². The highest BCUT2D eigenvalue weighted by Gasteiger charge is 2.20. The lowest BCUT2D eigenvalue weighted by atomic mass is 10.0. The summed E-state index contributed by atoms with van der Waals surface area (Å²) in [6.07, 6.45) is 2.88. The number of nitrogens with one attached hydrogen (secondary N) is 3. The van der Waals surface area contributed by atoms with E-state index in [0.717, 1.165) is 44.3 Å². The molecule has 0 bridgehead atoms. The zero-order valence-electron chi connectivity index (χ0n) is 14.0. The van der Waals surface area contributed by atoms with Crippen LogP contribution in [0.2, 0.25) is 0 Å². The van der Waals surface area contributed by atoms with E-state index in [1.54, 1.807) is 18.2 Å². The van der Waals surface area contributed by atoms with Gasteiger partial charge in [-0.15, -0.1) is 0 Å². The second-order valence-corrected chi connectivity index (χ2v) is 6.39. The van der Waals surface area contributed by atoms with E-state index in [0.29, 0.717) is 26.9 Å². The fourth-order valence-electron chi connectivity index (χ4n) is 3.22. The molecule has 7 nitrogen and oxygen atoms in total. The van der Waals surface area contributed by atoms with Gasteiger partial charge in [0.2, 0.25) is 5.69 Å². The van der Waals surface area contributed by atoms with Crippen molar-refractivity contribution in [3.63, 3.8) is 0 Å². The van der Waals surface area contributed by atoms with Gasteiger partial charge in [0.1, 0.15) is 5.82 Å². The highest BCUT2D eigenvalue weighted by Crippen LogP contribution is 2.25. The average molecular weight is 355 g/mol. The minimum Gasteiger partial charge on any atom is -0.618 e. The van der Waals surface area contributed by atoms with Gasteiger partial charge in [-0.2, -0.15) is 9.83 Å². The van der Waals surface area contributed by atoms with Gasteiger partial charge < -0.3 is 15.8 Å². The third-order valence-electron chi connectivity index (χ3n) is 4.62. The Hall–Kier alpha value is -3.00. The van der Waals surface area contributed by atoms with Crippen molar-refractivity contribution in [3.05, 3.63) is 53.1 Å². The number of hydrogen-bond acceptors (Lipinski definition) is 4. The monoisotopic (exact) mass is 355 g/mol. The van der Waals surface area contributed by atoms with Gasteiger partial charge in [0.25, 0.3) is 5.91 Å². The lowest BCUT2D eigenvalue weighted by molar-refractivity contribution is -0.594. The van der Waals surface area contributed by atoms with Crippen molar-refractivity contribution in [1.82, 2.24) is 20.8 Å². The Labute approximate surface area is 148 Å². The molecule has 1 amide bonds. The number of hydrogen-bond donors (Lipinski definition) is 3. The summed E-state index contributed by atoms with van der Waals surface area (Å²) in [6.45, 7) is 1.78. The minimum atomic E-state index is -0.525. The molecule has 1 fully saturated rings. The van der Waals surface area contributed by atoms with Crippen LogP contribution < -0.4 is 15.4 Å². The SMILES string of the molecule is O=C(NC1CCNCC1)c1ccc2[nH]nc(-c3cc(F)cc[n+]3[O-])c2c1. The first-order chi connectivity index (χ1) is 12.6. The maximum atomic E-state index is 13.5. The third kappa shape index (κ3) is 3.11. The predicted molar refractivity (Wildman–Crippen MR) is 93.8 cm³/mol. The van der Waals surface area contributed by atoms with E-state index in [9.17, 15) is 14.4 Å². The van der Waals surface area contributed by atoms with Gasteiger partial charge in [0, 0.05) is 29.1 Å². The molecule has 0 saturated carbocycles. The Kier molecular flexibility index (Phi) is 4.26. The maximum absolute atomic E-state index is 13.5. The van der Waals surface area contributed by atoms with Crippen LogP contribution >= 0.6 is 0 Å². The Morgan fingerprint density at radius 3 is 2.88 bits per heavy atom. The number of H-pyrrole nitrogens is 1. The van der Waals surface area contributed by atoms with Crippen molar-refractivity contribution >= 4 is 16.8 Å². The minimum absolute atomic E-state index is 0.0900. The number of halogens is 1. The standard InChI is InChI=1S/C18H18FN5O2/c19-12-5-8-24(26)16(10-12)17-14-9-11(1-2-15(14)22-23-17)18(25)21-13-3-6-20-7-4-13/h1-2,5,8-10,13,20H,3-4,6-7H2,(H,21,25)(H,22,23). The molecular formula is C18H18FN5O2. The van der Waals surface area contributed by atoms with Gasteiger partial charge in [-0.25, -0.2) is 4.39 Å². The van der Waals surface area contributed by atoms with E-state index in [1.165, 1.54) is 0 Å². The number of amides is 1. The van der Waals surface area contributed by atoms with Crippen molar-refractivity contribution in [2.24, 2.45) is 0 Å². The second-order valence-electron chi connectivity index (χ2n) is 6.39. The van der Waals surface area contributed by atoms with Crippen molar-refractivity contribution in [3.8, 4) is 11.4 Å². The van der Waals surface area contributed by atoms with Crippen LogP contribution in [0.5, 0.6) is 0 Å². The van der Waals surface area contributed by atoms with E-state index in [-0.39, 0.29) is 17.6 Å². The molecule has 2 aromatic heterocycles. The smallest absolute Gasteiger partial charge is 0.251 e. The number of carbonyl (C=O) groups is 1. The largest absolute Gasteiger partial charge is 0.618 e. The quantitative estimate of drug-likeness (QED) is 0.490. The summed E-state index contributed by atoms with van der Waals surface area (Å²) < 4.78 is 14.1. The van der Waals surface area contributed by atoms with Crippen LogP contribution in [0.25, 0.3) is 22.3 Å². The number of rotatable bonds is 3. The molecule has 0 spiro atoms. The van der Waals surface area contributed by atoms with Crippen LogP contribution in [-0.4, -0.2) is 35.2 Å². The molecule has 3 heterocycles. The summed E-state index contributed by atoms with van der Waals surface area (Å²) >= 11 is 0. The summed E-state index contributed by atoms with van der Waals surface area (Å²) in [5, 5.41) is 25.8. The molecule has 1 aliphatic rings. The zero-order chi connectivity index (χ0) is 18.1. The van der Waals surface area contributed by atoms with Gasteiger partial charge in [0.05, 0.1) is 5.52 Å². The topological polar surface area (TPSA) is 96.8 Å². The first-order valence-electron chi connectivity index (χ1n) is 8.50. The molecule has 8 heteroatoms. The second kappa shape index (κ2) is 6.72. The zero-order valence-corrected chi connectivity index (χ0v) is 14.0. The molecule has 4 rings (SSSR count). The molecule has 26 heavy (non-hydrogen) atoms. The molecule has 134 valence electrons. The molecule has 0 atom stereocenters. The van der Waals surface area contributed by atoms with Gasteiger partial charge in [0.15, 0.2) is 11.9 Å². The Morgan fingerprint density at radius 2 is 2.08 bits per heavy atom. The Morgan fingerprint density at radius 1 is 1.27 bits per heavy atom. The van der Waals surface area contributed by atoms with Crippen molar-refractivity contribution in [1.29, 1.82) is 0 Å². The number of fused-ring (bicyclic) bond motifs is 1. The molecule has 1 saturated heterocycles. The normalized spacial score (nSPS) is 15.3. The summed E-state index contributed by atoms with van der Waals surface area (Å²) in [4.78, 5) is 12.6. The molecule has 0 unspecified atom stereocenters. The van der Waals surface area contributed by atoms with Crippen molar-refractivity contribution in [2.75, 3.05) is 13.1 Å². The van der Waals surface area contributed by atoms with Gasteiger partial charge >= 0.3 is 0 Å². The van der Waals surface area contributed by atoms with E-state index in [1.807, 2.05) is 0 Å². The number of aromatic amines is 1. The van der Waals surface area contributed by atoms with E-state index in [4.69, 9.17) is 0 Å². The first kappa shape index (κ1) is 16.5. The average Bonchev–Trinajstić information content (AvgIpc) is 3.07. The van der Waals surface area contributed by atoms with Gasteiger partial charge in [-0.1, -0.05) is 0 Å². The fourth-order valence-corrected chi connectivity index (χ4v) is 3.22. The first-order valence-corrected chi connectivity index (χ1v) is 8.50. The Bertz CT molecular complexity index is 965. The van der Waals surface area contributed by atoms with E-state index >= 15 is 0 Å².